The van der Waals surface area contributed by atoms with Gasteiger partial charge in [-0.3, -0.25) is 10.2 Å². The molecule has 0 aromatic heterocycles. The number of benzene rings is 1. The number of halogens is 3. The van der Waals surface area contributed by atoms with E-state index in [0.29, 0.717) is 0 Å². The van der Waals surface area contributed by atoms with Crippen LogP contribution in [0.5, 0.6) is 0 Å². The molecule has 3 N–H and O–H groups in total. The second kappa shape index (κ2) is 6.07. The minimum atomic E-state index is -4.45. The third kappa shape index (κ3) is 4.49. The molecular formula is C10H10F3N5O. The number of amides is 1. The molecule has 0 spiro atoms. The zero-order valence-corrected chi connectivity index (χ0v) is 9.55. The van der Waals surface area contributed by atoms with Crippen molar-refractivity contribution in [3.63, 3.8) is 0 Å². The maximum absolute atomic E-state index is 12.3. The summed E-state index contributed by atoms with van der Waals surface area (Å²) in [6.07, 6.45) is -5.72. The van der Waals surface area contributed by atoms with Crippen molar-refractivity contribution in [1.29, 1.82) is 0 Å². The van der Waals surface area contributed by atoms with E-state index >= 15 is 0 Å². The third-order valence-electron chi connectivity index (χ3n) is 2.30. The van der Waals surface area contributed by atoms with Gasteiger partial charge in [-0.2, -0.15) is 13.2 Å². The van der Waals surface area contributed by atoms with Crippen LogP contribution in [-0.4, -0.2) is 12.1 Å². The zero-order valence-electron chi connectivity index (χ0n) is 9.55. The van der Waals surface area contributed by atoms with Crippen molar-refractivity contribution in [3.05, 3.63) is 45.8 Å². The number of nitrogens with one attached hydrogen (secondary N) is 1. The highest BCUT2D eigenvalue weighted by Gasteiger charge is 2.32. The monoisotopic (exact) mass is 273 g/mol. The number of carbonyl (C=O) groups is 1. The Morgan fingerprint density at radius 2 is 2.00 bits per heavy atom. The molecule has 19 heavy (non-hydrogen) atoms. The summed E-state index contributed by atoms with van der Waals surface area (Å²) in [6, 6.07) is 3.81. The van der Waals surface area contributed by atoms with E-state index in [4.69, 9.17) is 11.4 Å². The van der Waals surface area contributed by atoms with Crippen LogP contribution in [0.1, 0.15) is 28.4 Å². The van der Waals surface area contributed by atoms with Crippen LogP contribution in [0, 0.1) is 0 Å². The minimum absolute atomic E-state index is 0.170. The highest BCUT2D eigenvalue weighted by Crippen LogP contribution is 2.32. The van der Waals surface area contributed by atoms with Crippen LogP contribution in [-0.2, 0) is 0 Å². The van der Waals surface area contributed by atoms with Crippen molar-refractivity contribution >= 4 is 5.91 Å². The van der Waals surface area contributed by atoms with Crippen molar-refractivity contribution in [2.75, 3.05) is 0 Å². The van der Waals surface area contributed by atoms with Gasteiger partial charge < -0.3 is 0 Å². The Labute approximate surface area is 106 Å². The first-order valence-corrected chi connectivity index (χ1v) is 5.09. The minimum Gasteiger partial charge on any atom is -0.290 e. The van der Waals surface area contributed by atoms with Crippen molar-refractivity contribution in [2.24, 2.45) is 11.0 Å². The predicted molar refractivity (Wildman–Crippen MR) is 60.7 cm³/mol. The van der Waals surface area contributed by atoms with E-state index < -0.39 is 24.5 Å². The molecule has 6 nitrogen and oxygen atoms in total. The lowest BCUT2D eigenvalue weighted by Crippen LogP contribution is -2.29. The molecule has 1 unspecified atom stereocenters. The summed E-state index contributed by atoms with van der Waals surface area (Å²) in [5, 5.41) is 3.11. The van der Waals surface area contributed by atoms with Gasteiger partial charge >= 0.3 is 6.18 Å². The molecule has 0 radical (unpaired) electrons. The fourth-order valence-corrected chi connectivity index (χ4v) is 1.45. The van der Waals surface area contributed by atoms with Crippen LogP contribution >= 0.6 is 0 Å². The lowest BCUT2D eigenvalue weighted by molar-refractivity contribution is -0.138. The average molecular weight is 273 g/mol. The average Bonchev–Trinajstić information content (AvgIpc) is 2.36. The molecule has 0 saturated carbocycles. The molecule has 1 aromatic carbocycles. The van der Waals surface area contributed by atoms with Gasteiger partial charge in [0.2, 0.25) is 0 Å². The van der Waals surface area contributed by atoms with Gasteiger partial charge in [-0.05, 0) is 23.2 Å². The van der Waals surface area contributed by atoms with E-state index in [9.17, 15) is 18.0 Å². The van der Waals surface area contributed by atoms with E-state index in [1.165, 1.54) is 24.3 Å². The van der Waals surface area contributed by atoms with Crippen molar-refractivity contribution in [2.45, 2.75) is 18.6 Å². The standard InChI is InChI=1S/C10H10F3N5O/c11-10(12,13)5-8(17-18-15)6-1-3-7(4-2-6)9(19)16-14/h1-4,8H,5,14H2,(H,16,19). The van der Waals surface area contributed by atoms with Gasteiger partial charge in [0.05, 0.1) is 12.5 Å². The van der Waals surface area contributed by atoms with E-state index in [1.807, 2.05) is 5.43 Å². The molecule has 0 aliphatic carbocycles. The summed E-state index contributed by atoms with van der Waals surface area (Å²) in [5.41, 5.74) is 10.5. The van der Waals surface area contributed by atoms with E-state index in [1.54, 1.807) is 0 Å². The number of nitrogens with zero attached hydrogens (tertiary/aromatic N) is 3. The summed E-state index contributed by atoms with van der Waals surface area (Å²) >= 11 is 0. The van der Waals surface area contributed by atoms with Gasteiger partial charge in [0.1, 0.15) is 0 Å². The Balaban J connectivity index is 2.98. The molecule has 0 fully saturated rings. The fourth-order valence-electron chi connectivity index (χ4n) is 1.45. The molecule has 1 aromatic rings. The van der Waals surface area contributed by atoms with E-state index in [2.05, 4.69) is 10.0 Å². The Kier molecular flexibility index (Phi) is 4.74. The summed E-state index contributed by atoms with van der Waals surface area (Å²) in [6.45, 7) is 0. The first kappa shape index (κ1) is 14.8. The molecule has 1 atom stereocenters. The molecular weight excluding hydrogens is 263 g/mol. The molecule has 0 saturated heterocycles. The molecule has 0 bridgehead atoms. The third-order valence-corrected chi connectivity index (χ3v) is 2.30. The smallest absolute Gasteiger partial charge is 0.290 e. The van der Waals surface area contributed by atoms with Crippen LogP contribution in [0.4, 0.5) is 13.2 Å². The van der Waals surface area contributed by atoms with Crippen molar-refractivity contribution in [1.82, 2.24) is 5.43 Å². The quantitative estimate of drug-likeness (QED) is 0.220. The first-order valence-electron chi connectivity index (χ1n) is 5.09. The summed E-state index contributed by atoms with van der Waals surface area (Å²) in [5.74, 6) is 4.35. The molecule has 1 rings (SSSR count). The van der Waals surface area contributed by atoms with Gasteiger partial charge in [-0.1, -0.05) is 17.2 Å². The number of hydrazine groups is 1. The Morgan fingerprint density at radius 1 is 1.42 bits per heavy atom. The lowest BCUT2D eigenvalue weighted by Gasteiger charge is -2.14. The summed E-state index contributed by atoms with van der Waals surface area (Å²) in [4.78, 5) is 13.5. The highest BCUT2D eigenvalue weighted by atomic mass is 19.4. The Morgan fingerprint density at radius 3 is 2.42 bits per heavy atom. The second-order valence-electron chi connectivity index (χ2n) is 3.64. The van der Waals surface area contributed by atoms with Crippen LogP contribution in [0.25, 0.3) is 10.4 Å². The topological polar surface area (TPSA) is 104 Å². The van der Waals surface area contributed by atoms with Gasteiger partial charge in [-0.15, -0.1) is 0 Å². The van der Waals surface area contributed by atoms with Gasteiger partial charge in [0.15, 0.2) is 0 Å². The Bertz CT molecular complexity index is 493. The number of azide groups is 1. The SMILES string of the molecule is [N-]=[N+]=NC(CC(F)(F)F)c1ccc(C(=O)NN)cc1. The predicted octanol–water partition coefficient (Wildman–Crippen LogP) is 2.59. The lowest BCUT2D eigenvalue weighted by atomic mass is 10.0. The first-order chi connectivity index (χ1) is 8.87. The van der Waals surface area contributed by atoms with E-state index in [0.717, 1.165) is 0 Å². The second-order valence-corrected chi connectivity index (χ2v) is 3.64. The number of carbonyl (C=O) groups excluding carboxylic acids is 1. The number of rotatable bonds is 4. The van der Waals surface area contributed by atoms with Crippen LogP contribution in [0.2, 0.25) is 0 Å². The molecule has 102 valence electrons. The van der Waals surface area contributed by atoms with Crippen molar-refractivity contribution in [3.8, 4) is 0 Å². The summed E-state index contributed by atoms with van der Waals surface area (Å²) < 4.78 is 36.9. The molecule has 0 heterocycles. The molecule has 1 amide bonds. The van der Waals surface area contributed by atoms with Crippen LogP contribution in [0.15, 0.2) is 29.4 Å². The number of nitrogens with two attached hydrogens (primary N) is 1. The largest absolute Gasteiger partial charge is 0.389 e. The number of hydrogen-bond donors (Lipinski definition) is 2. The number of hydrogen-bond acceptors (Lipinski definition) is 3. The van der Waals surface area contributed by atoms with Crippen molar-refractivity contribution < 1.29 is 18.0 Å². The van der Waals surface area contributed by atoms with Crippen LogP contribution in [0.3, 0.4) is 0 Å². The van der Waals surface area contributed by atoms with Crippen LogP contribution < -0.4 is 11.3 Å². The summed E-state index contributed by atoms with van der Waals surface area (Å²) in [7, 11) is 0. The molecule has 9 heteroatoms. The maximum atomic E-state index is 12.3. The van der Waals surface area contributed by atoms with Gasteiger partial charge in [0, 0.05) is 10.5 Å². The maximum Gasteiger partial charge on any atom is 0.389 e. The van der Waals surface area contributed by atoms with Gasteiger partial charge in [-0.25, -0.2) is 5.84 Å². The number of alkyl halides is 3. The van der Waals surface area contributed by atoms with E-state index in [-0.39, 0.29) is 11.1 Å². The number of nitrogen functional groups attached to an aromatic ring is 1. The Hall–Kier alpha value is -2.25. The van der Waals surface area contributed by atoms with Gasteiger partial charge in [0.25, 0.3) is 5.91 Å². The highest BCUT2D eigenvalue weighted by molar-refractivity contribution is 5.93. The molecule has 0 aliphatic rings. The normalized spacial score (nSPS) is 12.4. The zero-order chi connectivity index (χ0) is 14.5. The fraction of sp³-hybridized carbons (Fsp3) is 0.300. The molecule has 0 aliphatic heterocycles.